The minimum atomic E-state index is -0.498. The number of piperazine rings is 1. The number of carbonyl (C=O) groups excluding carboxylic acids is 2. The van der Waals surface area contributed by atoms with Gasteiger partial charge in [-0.05, 0) is 82.9 Å². The average Bonchev–Trinajstić information content (AvgIpc) is 2.92. The predicted octanol–water partition coefficient (Wildman–Crippen LogP) is 6.13. The Kier molecular flexibility index (Phi) is 8.91. The van der Waals surface area contributed by atoms with E-state index in [4.69, 9.17) is 22.9 Å². The highest BCUT2D eigenvalue weighted by Crippen LogP contribution is 2.32. The van der Waals surface area contributed by atoms with Gasteiger partial charge in [0, 0.05) is 67.3 Å². The van der Waals surface area contributed by atoms with Crippen molar-refractivity contribution in [1.82, 2.24) is 10.2 Å². The van der Waals surface area contributed by atoms with Crippen molar-refractivity contribution in [3.63, 3.8) is 0 Å². The van der Waals surface area contributed by atoms with Gasteiger partial charge in [0.1, 0.15) is 5.60 Å². The average molecular weight is 552 g/mol. The minimum Gasteiger partial charge on any atom is -0.444 e. The third kappa shape index (κ3) is 7.36. The molecule has 2 aliphatic rings. The molecule has 0 radical (unpaired) electrons. The monoisotopic (exact) mass is 551 g/mol. The Hall–Kier alpha value is -3.44. The highest BCUT2D eigenvalue weighted by Gasteiger charge is 2.27. The quantitative estimate of drug-likeness (QED) is 0.453. The number of benzene rings is 2. The van der Waals surface area contributed by atoms with Crippen LogP contribution in [0, 0.1) is 6.57 Å². The van der Waals surface area contributed by atoms with E-state index in [9.17, 15) is 9.59 Å². The van der Waals surface area contributed by atoms with Crippen LogP contribution in [0.1, 0.15) is 56.8 Å². The van der Waals surface area contributed by atoms with E-state index in [1.165, 1.54) is 0 Å². The Labute approximate surface area is 236 Å². The summed E-state index contributed by atoms with van der Waals surface area (Å²) in [7, 11) is 2.06. The predicted molar refractivity (Wildman–Crippen MR) is 156 cm³/mol. The second-order valence-corrected chi connectivity index (χ2v) is 11.7. The van der Waals surface area contributed by atoms with Crippen LogP contribution in [0.2, 0.25) is 5.02 Å². The number of rotatable bonds is 5. The molecule has 2 amide bonds. The molecule has 1 N–H and O–H groups in total. The highest BCUT2D eigenvalue weighted by atomic mass is 35.5. The summed E-state index contributed by atoms with van der Waals surface area (Å²) in [6.45, 7) is 15.4. The van der Waals surface area contributed by atoms with Crippen LogP contribution < -0.4 is 15.1 Å². The molecular formula is C30H38ClN5O3. The van der Waals surface area contributed by atoms with Crippen molar-refractivity contribution in [3.05, 3.63) is 64.5 Å². The Balaban J connectivity index is 1.24. The second-order valence-electron chi connectivity index (χ2n) is 11.3. The first-order valence-electron chi connectivity index (χ1n) is 13.6. The molecule has 1 heterocycles. The van der Waals surface area contributed by atoms with Crippen LogP contribution in [-0.4, -0.2) is 67.8 Å². The van der Waals surface area contributed by atoms with Gasteiger partial charge in [-0.25, -0.2) is 9.64 Å². The summed E-state index contributed by atoms with van der Waals surface area (Å²) >= 11 is 6.23. The highest BCUT2D eigenvalue weighted by molar-refractivity contribution is 6.33. The molecule has 8 nitrogen and oxygen atoms in total. The van der Waals surface area contributed by atoms with Crippen LogP contribution in [0.3, 0.4) is 0 Å². The number of nitrogens with one attached hydrogen (secondary N) is 1. The van der Waals surface area contributed by atoms with Crippen LogP contribution in [-0.2, 0) is 4.74 Å². The first kappa shape index (κ1) is 28.6. The Bertz CT molecular complexity index is 1200. The molecule has 0 unspecified atom stereocenters. The molecule has 2 aromatic rings. The summed E-state index contributed by atoms with van der Waals surface area (Å²) in [5.41, 5.74) is 2.67. The molecule has 0 atom stereocenters. The lowest BCUT2D eigenvalue weighted by atomic mass is 9.90. The summed E-state index contributed by atoms with van der Waals surface area (Å²) in [6.07, 6.45) is 3.49. The third-order valence-electron chi connectivity index (χ3n) is 7.46. The molecule has 2 aromatic carbocycles. The van der Waals surface area contributed by atoms with Crippen molar-refractivity contribution >= 4 is 40.7 Å². The number of carbonyl (C=O) groups is 2. The first-order chi connectivity index (χ1) is 18.5. The fourth-order valence-electron chi connectivity index (χ4n) is 5.19. The van der Waals surface area contributed by atoms with Crippen LogP contribution >= 0.6 is 11.6 Å². The Morgan fingerprint density at radius 2 is 1.67 bits per heavy atom. The normalized spacial score (nSPS) is 19.7. The molecule has 0 bridgehead atoms. The zero-order valence-corrected chi connectivity index (χ0v) is 24.0. The van der Waals surface area contributed by atoms with Gasteiger partial charge in [0.05, 0.1) is 6.57 Å². The van der Waals surface area contributed by atoms with Gasteiger partial charge in [-0.15, -0.1) is 0 Å². The number of anilines is 2. The lowest BCUT2D eigenvalue weighted by Gasteiger charge is -2.37. The van der Waals surface area contributed by atoms with Gasteiger partial charge in [-0.3, -0.25) is 4.79 Å². The lowest BCUT2D eigenvalue weighted by Crippen LogP contribution is -2.50. The molecule has 0 aromatic heterocycles. The molecule has 2 fully saturated rings. The summed E-state index contributed by atoms with van der Waals surface area (Å²) < 4.78 is 5.48. The molecule has 1 saturated heterocycles. The van der Waals surface area contributed by atoms with Crippen LogP contribution in [0.5, 0.6) is 0 Å². The van der Waals surface area contributed by atoms with E-state index in [0.717, 1.165) is 50.1 Å². The third-order valence-corrected chi connectivity index (χ3v) is 7.77. The molecule has 4 rings (SSSR count). The summed E-state index contributed by atoms with van der Waals surface area (Å²) in [5, 5.41) is 3.69. The van der Waals surface area contributed by atoms with Crippen molar-refractivity contribution in [2.24, 2.45) is 0 Å². The summed E-state index contributed by atoms with van der Waals surface area (Å²) in [6, 6.07) is 13.8. The molecule has 1 aliphatic carbocycles. The van der Waals surface area contributed by atoms with Crippen molar-refractivity contribution < 1.29 is 14.3 Å². The minimum absolute atomic E-state index is 0.0467. The van der Waals surface area contributed by atoms with E-state index in [1.807, 2.05) is 57.2 Å². The van der Waals surface area contributed by atoms with Crippen molar-refractivity contribution in [2.45, 2.75) is 64.1 Å². The van der Waals surface area contributed by atoms with Crippen molar-refractivity contribution in [3.8, 4) is 0 Å². The number of amides is 2. The molecule has 208 valence electrons. The number of hydrogen-bond acceptors (Lipinski definition) is 5. The number of halogens is 1. The van der Waals surface area contributed by atoms with Gasteiger partial charge in [-0.1, -0.05) is 17.7 Å². The summed E-state index contributed by atoms with van der Waals surface area (Å²) in [5.74, 6) is -0.0467. The topological polar surface area (TPSA) is 69.5 Å². The van der Waals surface area contributed by atoms with Crippen molar-refractivity contribution in [1.29, 1.82) is 0 Å². The maximum atomic E-state index is 12.9. The molecule has 39 heavy (non-hydrogen) atoms. The van der Waals surface area contributed by atoms with Crippen LogP contribution in [0.4, 0.5) is 21.9 Å². The fourth-order valence-corrected chi connectivity index (χ4v) is 5.41. The van der Waals surface area contributed by atoms with E-state index in [2.05, 4.69) is 27.0 Å². The van der Waals surface area contributed by atoms with Gasteiger partial charge < -0.3 is 24.8 Å². The zero-order chi connectivity index (χ0) is 28.2. The van der Waals surface area contributed by atoms with Crippen LogP contribution in [0.15, 0.2) is 42.5 Å². The van der Waals surface area contributed by atoms with E-state index in [-0.39, 0.29) is 18.0 Å². The Morgan fingerprint density at radius 1 is 1.03 bits per heavy atom. The first-order valence-corrected chi connectivity index (χ1v) is 14.0. The Morgan fingerprint density at radius 3 is 2.23 bits per heavy atom. The smallest absolute Gasteiger partial charge is 0.410 e. The largest absolute Gasteiger partial charge is 0.444 e. The molecule has 9 heteroatoms. The summed E-state index contributed by atoms with van der Waals surface area (Å²) in [4.78, 5) is 34.9. The SMILES string of the molecule is [C-]#[N+]c1ccc(N(C)C2CCC(NC(=O)c3ccc(N4CCN(C(=O)OC(C)(C)C)CC4)cc3)CC2)cc1Cl. The van der Waals surface area contributed by atoms with Crippen LogP contribution in [0.25, 0.3) is 4.85 Å². The zero-order valence-electron chi connectivity index (χ0n) is 23.2. The number of nitrogens with zero attached hydrogens (tertiary/aromatic N) is 4. The van der Waals surface area contributed by atoms with Gasteiger partial charge in [-0.2, -0.15) is 0 Å². The van der Waals surface area contributed by atoms with E-state index in [1.54, 1.807) is 11.0 Å². The number of hydrogen-bond donors (Lipinski definition) is 1. The van der Waals surface area contributed by atoms with E-state index in [0.29, 0.717) is 35.4 Å². The van der Waals surface area contributed by atoms with E-state index >= 15 is 0 Å². The fraction of sp³-hybridized carbons (Fsp3) is 0.500. The molecular weight excluding hydrogens is 514 g/mol. The van der Waals surface area contributed by atoms with Gasteiger partial charge >= 0.3 is 6.09 Å². The second kappa shape index (κ2) is 12.2. The molecule has 1 saturated carbocycles. The molecule has 0 spiro atoms. The maximum Gasteiger partial charge on any atom is 0.410 e. The maximum absolute atomic E-state index is 12.9. The molecule has 1 aliphatic heterocycles. The van der Waals surface area contributed by atoms with Gasteiger partial charge in [0.2, 0.25) is 5.69 Å². The lowest BCUT2D eigenvalue weighted by molar-refractivity contribution is 0.0240. The van der Waals surface area contributed by atoms with E-state index < -0.39 is 5.60 Å². The van der Waals surface area contributed by atoms with Gasteiger partial charge in [0.15, 0.2) is 0 Å². The number of ether oxygens (including phenoxy) is 1. The van der Waals surface area contributed by atoms with Crippen molar-refractivity contribution in [2.75, 3.05) is 43.0 Å². The standard InChI is InChI=1S/C30H38ClN5O3/c1-30(2,3)39-29(38)36-18-16-35(17-19-36)24-10-6-21(7-11-24)28(37)33-22-8-12-23(13-9-22)34(5)25-14-15-27(32-4)26(31)20-25/h6-7,10-11,14-15,20,22-23H,8-9,12-13,16-19H2,1-3,5H3,(H,33,37). The van der Waals surface area contributed by atoms with Gasteiger partial charge in [0.25, 0.3) is 5.91 Å².